The molecule has 0 aromatic carbocycles. The standard InChI is InChI=1S/C39H66N6O7S.C34H56N6O7S.C33H56N6O7S/c1-8-9-16-28(31(46)34(48)40-26-17-18-26)41-33(47)30-29-27(37(29,4)5)23-45(30)35(49)32(38(6)19-12-10-13-20-38)42-36(50)43-39(21-14-11-15-22-39)24-53(51,52)44(7)25(2)3;1-32(2,3)27(37-31(45)38-34(15-9-8-10-16-34)19-48(46,47)39(6)7)30(44)40-18-22-24(33(22,4)5)25(40)28(42)36-23(17-20-11-12-20)26(41)29(43)35-21-13-14-21;1-9-13-22(25(40)28(42)34-20-14-15-20)35-27(41)24-23-21(32(23,5)6)18-39(24)29(43)26(31(2,3)4)36-30(44)37-33(16-11-10-12-17-33)19-47(45,46)38(7)8/h25-30,32H,8-24H2,1-7H3,(H,40,48)(H,41,47)(H2,42,43,50);20-25,27H,8-19H2,1-7H3,(H,35,43)(H,36,42)(H2,37,38,45);20-24,26H,9-19H2,1-8H3,(H,34,42)(H,35,41)(H2,36,37,44)/t27-,28-,29-,30-,32+;22-,23-,24-,25-,27+;21-,22-,23-,24-,26+/m000/s1. The van der Waals surface area contributed by atoms with Crippen LogP contribution >= 0.6 is 0 Å². The third-order valence-corrected chi connectivity index (χ3v) is 41.8. The number of nitrogens with zero attached hydrogens (tertiary/aromatic N) is 6. The first kappa shape index (κ1) is 118. The van der Waals surface area contributed by atoms with Crippen LogP contribution in [-0.2, 0) is 87.6 Å². The van der Waals surface area contributed by atoms with Crippen molar-refractivity contribution in [2.45, 2.75) is 431 Å². The van der Waals surface area contributed by atoms with Crippen LogP contribution in [0.3, 0.4) is 0 Å². The number of likely N-dealkylation sites (tertiary alicyclic amines) is 3. The predicted molar refractivity (Wildman–Crippen MR) is 560 cm³/mol. The molecule has 0 radical (unpaired) electrons. The van der Waals surface area contributed by atoms with Crippen LogP contribution in [0.2, 0.25) is 0 Å². The average Bonchev–Trinajstić information content (AvgIpc) is 1.53. The third kappa shape index (κ3) is 28.3. The number of fused-ring (bicyclic) bond motifs is 3. The van der Waals surface area contributed by atoms with Gasteiger partial charge in [0, 0.05) is 79.0 Å². The van der Waals surface area contributed by atoms with Gasteiger partial charge in [-0.3, -0.25) is 57.5 Å². The Morgan fingerprint density at radius 1 is 0.365 bits per heavy atom. The highest BCUT2D eigenvalue weighted by molar-refractivity contribution is 7.89. The summed E-state index contributed by atoms with van der Waals surface area (Å²) >= 11 is 0. The molecule has 0 aromatic rings. The van der Waals surface area contributed by atoms with E-state index in [1.165, 1.54) is 37.4 Å². The molecule has 14 rings (SSSR count). The predicted octanol–water partition coefficient (Wildman–Crippen LogP) is 7.82. The smallest absolute Gasteiger partial charge is 0.315 e. The highest BCUT2D eigenvalue weighted by Crippen LogP contribution is 2.67. The van der Waals surface area contributed by atoms with E-state index in [9.17, 15) is 97.2 Å². The Morgan fingerprint density at radius 3 is 0.959 bits per heavy atom. The van der Waals surface area contributed by atoms with Crippen LogP contribution < -0.4 is 63.8 Å². The fourth-order valence-electron chi connectivity index (χ4n) is 24.8. The van der Waals surface area contributed by atoms with Gasteiger partial charge >= 0.3 is 18.1 Å². The Morgan fingerprint density at radius 2 is 0.662 bits per heavy atom. The zero-order chi connectivity index (χ0) is 109. The summed E-state index contributed by atoms with van der Waals surface area (Å²) in [5.41, 5.74) is -5.57. The van der Waals surface area contributed by atoms with E-state index in [4.69, 9.17) is 0 Å². The van der Waals surface area contributed by atoms with Crippen LogP contribution in [0.5, 0.6) is 0 Å². The first-order chi connectivity index (χ1) is 68.8. The van der Waals surface area contributed by atoms with Crippen molar-refractivity contribution in [3.63, 3.8) is 0 Å². The largest absolute Gasteiger partial charge is 0.347 e. The SMILES string of the molecule is CCCC[C@H](NC(=O)[C@@H]1[C@@H]2[C@H](CN1C(=O)[C@@H](NC(=O)NC1(CS(=O)(=O)N(C)C(C)C)CCCCC1)C1(C)CCCCC1)C2(C)C)C(=O)C(=O)NC1CC1.CCC[C@H](NC(=O)[C@@H]1[C@@H]2[C@H](CN1C(=O)[C@@H](NC(=O)NC1(CS(=O)(=O)N(C)C)CCCCC1)C(C)(C)C)C2(C)C)C(=O)C(=O)NC1CC1.CN(C)S(=O)(=O)CC1(NC(=O)N[C@H](C(=O)N2C[C@H]3[C@@H]([C@H]2C(=O)N[C@@H](CC2CC2)C(=O)C(=O)NC2CC2)C3(C)C)C(C)(C)C)CCCCC1. The molecule has 3 saturated heterocycles. The number of carbonyl (C=O) groups excluding carboxylic acids is 15. The molecule has 15 amide bonds. The summed E-state index contributed by atoms with van der Waals surface area (Å²) in [6.07, 6.45) is 24.8. The summed E-state index contributed by atoms with van der Waals surface area (Å²) in [6.45, 7) is 33.9. The monoisotopic (exact) mass is 2140 g/mol. The highest BCUT2D eigenvalue weighted by Gasteiger charge is 2.73. The number of unbranched alkanes of at least 4 members (excludes halogenated alkanes) is 1. The number of nitrogens with one attached hydrogen (secondary N) is 12. The minimum Gasteiger partial charge on any atom is -0.347 e. The number of rotatable bonds is 42. The molecule has 3 heterocycles. The summed E-state index contributed by atoms with van der Waals surface area (Å²) in [5, 5.41) is 34.6. The maximum Gasteiger partial charge on any atom is 0.315 e. The van der Waals surface area contributed by atoms with Crippen molar-refractivity contribution in [2.75, 3.05) is 72.1 Å². The first-order valence-electron chi connectivity index (χ1n) is 55.2. The second kappa shape index (κ2) is 46.2. The van der Waals surface area contributed by atoms with Gasteiger partial charge in [-0.25, -0.2) is 52.6 Å². The topological polar surface area (TPSA) is 522 Å². The lowest BCUT2D eigenvalue weighted by molar-refractivity contribution is -0.146. The molecule has 11 saturated carbocycles. The summed E-state index contributed by atoms with van der Waals surface area (Å²) in [7, 11) is -3.49. The quantitative estimate of drug-likeness (QED) is 0.0259. The van der Waals surface area contributed by atoms with Gasteiger partial charge in [0.05, 0.1) is 52.0 Å². The second-order valence-corrected chi connectivity index (χ2v) is 57.7. The Labute approximate surface area is 879 Å². The lowest BCUT2D eigenvalue weighted by Crippen LogP contribution is -2.65. The van der Waals surface area contributed by atoms with Gasteiger partial charge in [0.2, 0.25) is 82.9 Å². The Kier molecular flexibility index (Phi) is 37.0. The minimum absolute atomic E-state index is 0.00445. The normalized spacial score (nSPS) is 26.8. The van der Waals surface area contributed by atoms with Gasteiger partial charge in [0.1, 0.15) is 36.3 Å². The second-order valence-electron chi connectivity index (χ2n) is 51.3. The fourth-order valence-corrected chi connectivity index (χ4v) is 29.4. The molecular formula is C106H178N18O21S3. The van der Waals surface area contributed by atoms with Gasteiger partial charge in [0.15, 0.2) is 0 Å². The molecule has 15 atom stereocenters. The molecule has 836 valence electrons. The number of hydrogen-bond acceptors (Lipinski definition) is 21. The van der Waals surface area contributed by atoms with E-state index in [0.717, 1.165) is 156 Å². The molecule has 0 bridgehead atoms. The van der Waals surface area contributed by atoms with E-state index in [1.807, 2.05) is 76.2 Å². The lowest BCUT2D eigenvalue weighted by atomic mass is 9.70. The van der Waals surface area contributed by atoms with E-state index < -0.39 is 200 Å². The Hall–Kier alpha value is -8.22. The van der Waals surface area contributed by atoms with Crippen LogP contribution in [-0.4, -0.2) is 309 Å². The zero-order valence-electron chi connectivity index (χ0n) is 92.3. The highest BCUT2D eigenvalue weighted by atomic mass is 32.2. The van der Waals surface area contributed by atoms with Gasteiger partial charge in [-0.15, -0.1) is 0 Å². The summed E-state index contributed by atoms with van der Waals surface area (Å²) in [4.78, 5) is 210. The van der Waals surface area contributed by atoms with Crippen molar-refractivity contribution in [1.29, 1.82) is 0 Å². The van der Waals surface area contributed by atoms with E-state index in [1.54, 1.807) is 16.8 Å². The van der Waals surface area contributed by atoms with Crippen molar-refractivity contribution in [3.8, 4) is 0 Å². The number of carbonyl (C=O) groups is 15. The van der Waals surface area contributed by atoms with E-state index in [0.29, 0.717) is 90.3 Å². The van der Waals surface area contributed by atoms with Crippen molar-refractivity contribution in [3.05, 3.63) is 0 Å². The number of ketones is 3. The number of urea groups is 3. The summed E-state index contributed by atoms with van der Waals surface area (Å²) in [5.74, 6) is -7.19. The molecule has 42 heteroatoms. The third-order valence-electron chi connectivity index (χ3n) is 35.5. The van der Waals surface area contributed by atoms with Crippen molar-refractivity contribution in [1.82, 2.24) is 91.4 Å². The van der Waals surface area contributed by atoms with Gasteiger partial charge in [-0.05, 0) is 197 Å². The number of sulfonamides is 3. The van der Waals surface area contributed by atoms with Crippen LogP contribution in [0.4, 0.5) is 14.4 Å². The zero-order valence-corrected chi connectivity index (χ0v) is 94.8. The number of hydrogen-bond donors (Lipinski definition) is 12. The van der Waals surface area contributed by atoms with E-state index >= 15 is 0 Å². The van der Waals surface area contributed by atoms with Crippen molar-refractivity contribution < 1.29 is 97.2 Å². The van der Waals surface area contributed by atoms with Crippen LogP contribution in [0.1, 0.15) is 336 Å². The average molecular weight is 2140 g/mol. The molecule has 14 aliphatic rings. The first-order valence-corrected chi connectivity index (χ1v) is 60.1. The maximum atomic E-state index is 14.9. The Bertz CT molecular complexity index is 5270. The maximum absolute atomic E-state index is 14.9. The molecule has 14 fully saturated rings. The summed E-state index contributed by atoms with van der Waals surface area (Å²) < 4.78 is 82.3. The van der Waals surface area contributed by atoms with E-state index in [2.05, 4.69) is 105 Å². The van der Waals surface area contributed by atoms with E-state index in [-0.39, 0.29) is 105 Å². The van der Waals surface area contributed by atoms with Gasteiger partial charge in [0.25, 0.3) is 17.7 Å². The number of amides is 15. The van der Waals surface area contributed by atoms with Crippen LogP contribution in [0.25, 0.3) is 0 Å². The molecule has 39 nitrogen and oxygen atoms in total. The molecule has 12 N–H and O–H groups in total. The molecule has 0 unspecified atom stereocenters. The molecular weight excluding hydrogens is 1960 g/mol. The van der Waals surface area contributed by atoms with Crippen LogP contribution in [0, 0.1) is 73.9 Å². The fraction of sp³-hybridized carbons (Fsp3) is 0.858. The Balaban J connectivity index is 0.000000198. The summed E-state index contributed by atoms with van der Waals surface area (Å²) in [6, 6.07) is -10.6. The number of Topliss-reactive ketones (excluding diaryl/α,β-unsaturated/α-hetero) is 3. The molecule has 0 spiro atoms. The van der Waals surface area contributed by atoms with Gasteiger partial charge in [-0.2, -0.15) is 0 Å². The van der Waals surface area contributed by atoms with Crippen LogP contribution in [0.15, 0.2) is 0 Å². The molecule has 0 aromatic heterocycles. The molecule has 3 aliphatic heterocycles. The molecule has 148 heavy (non-hydrogen) atoms. The van der Waals surface area contributed by atoms with Crippen molar-refractivity contribution >= 4 is 119 Å². The van der Waals surface area contributed by atoms with Gasteiger partial charge < -0.3 is 78.5 Å². The molecule has 11 aliphatic carbocycles. The lowest BCUT2D eigenvalue weighted by Gasteiger charge is -2.44. The number of piperidine rings is 3. The minimum atomic E-state index is -3.69. The van der Waals surface area contributed by atoms with Gasteiger partial charge in [-0.1, -0.05) is 213 Å². The van der Waals surface area contributed by atoms with Crippen molar-refractivity contribution in [2.24, 2.45) is 73.9 Å².